The predicted molar refractivity (Wildman–Crippen MR) is 57.7 cm³/mol. The first-order valence-corrected chi connectivity index (χ1v) is 4.86. The zero-order valence-corrected chi connectivity index (χ0v) is 8.62. The van der Waals surface area contributed by atoms with Gasteiger partial charge < -0.3 is 16.0 Å². The number of rotatable bonds is 4. The van der Waals surface area contributed by atoms with Crippen LogP contribution in [0.5, 0.6) is 0 Å². The maximum Gasteiger partial charge on any atom is 0.267 e. The summed E-state index contributed by atoms with van der Waals surface area (Å²) in [6.45, 7) is 2.35. The minimum Gasteiger partial charge on any atom is -0.349 e. The van der Waals surface area contributed by atoms with Gasteiger partial charge in [-0.05, 0) is 12.5 Å². The Balaban J connectivity index is 2.58. The molecule has 0 spiro atoms. The third-order valence-electron chi connectivity index (χ3n) is 2.06. The number of carbonyl (C=O) groups excluding carboxylic acids is 1. The van der Waals surface area contributed by atoms with Gasteiger partial charge in [-0.2, -0.15) is 0 Å². The normalized spacial score (nSPS) is 12.1. The average Bonchev–Trinajstić information content (AvgIpc) is 2.25. The topological polar surface area (TPSA) is 88.0 Å². The SMILES string of the molecule is CCC(N)CNC(=O)c1cccc(=O)[nH]1. The van der Waals surface area contributed by atoms with E-state index in [9.17, 15) is 9.59 Å². The summed E-state index contributed by atoms with van der Waals surface area (Å²) >= 11 is 0. The van der Waals surface area contributed by atoms with E-state index in [1.807, 2.05) is 6.92 Å². The molecule has 0 bridgehead atoms. The molecule has 4 N–H and O–H groups in total. The lowest BCUT2D eigenvalue weighted by atomic mass is 10.2. The standard InChI is InChI=1S/C10H15N3O2/c1-2-7(11)6-12-10(15)8-4-3-5-9(14)13-8/h3-5,7H,2,6,11H2,1H3,(H,12,15)(H,13,14). The molecule has 1 atom stereocenters. The molecule has 5 heteroatoms. The summed E-state index contributed by atoms with van der Waals surface area (Å²) < 4.78 is 0. The van der Waals surface area contributed by atoms with Crippen molar-refractivity contribution < 1.29 is 4.79 Å². The van der Waals surface area contributed by atoms with Crippen molar-refractivity contribution in [1.29, 1.82) is 0 Å². The van der Waals surface area contributed by atoms with Gasteiger partial charge in [0.05, 0.1) is 0 Å². The molecule has 0 fully saturated rings. The molecule has 1 heterocycles. The number of hydrogen-bond donors (Lipinski definition) is 3. The largest absolute Gasteiger partial charge is 0.349 e. The van der Waals surface area contributed by atoms with E-state index >= 15 is 0 Å². The number of aromatic nitrogens is 1. The summed E-state index contributed by atoms with van der Waals surface area (Å²) in [7, 11) is 0. The first kappa shape index (κ1) is 11.5. The molecule has 0 aliphatic rings. The van der Waals surface area contributed by atoms with Crippen LogP contribution in [0.15, 0.2) is 23.0 Å². The van der Waals surface area contributed by atoms with Gasteiger partial charge in [-0.15, -0.1) is 0 Å². The molecular formula is C10H15N3O2. The Labute approximate surface area is 87.7 Å². The van der Waals surface area contributed by atoms with Crippen LogP contribution in [0.4, 0.5) is 0 Å². The molecule has 15 heavy (non-hydrogen) atoms. The van der Waals surface area contributed by atoms with Crippen LogP contribution >= 0.6 is 0 Å². The Bertz CT molecular complexity index is 386. The first-order valence-electron chi connectivity index (χ1n) is 4.86. The van der Waals surface area contributed by atoms with Crippen LogP contribution < -0.4 is 16.6 Å². The van der Waals surface area contributed by atoms with Crippen LogP contribution in [0.3, 0.4) is 0 Å². The summed E-state index contributed by atoms with van der Waals surface area (Å²) in [4.78, 5) is 24.8. The van der Waals surface area contributed by atoms with Crippen LogP contribution in [-0.4, -0.2) is 23.5 Å². The molecular weight excluding hydrogens is 194 g/mol. The predicted octanol–water partition coefficient (Wildman–Crippen LogP) is -0.158. The van der Waals surface area contributed by atoms with Gasteiger partial charge in [0.1, 0.15) is 5.69 Å². The van der Waals surface area contributed by atoms with E-state index in [0.717, 1.165) is 6.42 Å². The molecule has 0 saturated carbocycles. The molecule has 1 rings (SSSR count). The average molecular weight is 209 g/mol. The van der Waals surface area contributed by atoms with Crippen molar-refractivity contribution >= 4 is 5.91 Å². The first-order chi connectivity index (χ1) is 7.13. The number of pyridine rings is 1. The van der Waals surface area contributed by atoms with Gasteiger partial charge in [0.25, 0.3) is 5.91 Å². The minimum absolute atomic E-state index is 0.0515. The monoisotopic (exact) mass is 209 g/mol. The van der Waals surface area contributed by atoms with E-state index in [-0.39, 0.29) is 23.2 Å². The van der Waals surface area contributed by atoms with E-state index < -0.39 is 0 Å². The summed E-state index contributed by atoms with van der Waals surface area (Å²) in [5, 5.41) is 2.64. The number of aromatic amines is 1. The highest BCUT2D eigenvalue weighted by Gasteiger charge is 2.06. The lowest BCUT2D eigenvalue weighted by Crippen LogP contribution is -2.37. The molecule has 0 aliphatic heterocycles. The molecule has 1 aromatic rings. The van der Waals surface area contributed by atoms with Crippen molar-refractivity contribution in [3.63, 3.8) is 0 Å². The zero-order chi connectivity index (χ0) is 11.3. The van der Waals surface area contributed by atoms with E-state index in [0.29, 0.717) is 6.54 Å². The van der Waals surface area contributed by atoms with Crippen molar-refractivity contribution in [2.75, 3.05) is 6.54 Å². The van der Waals surface area contributed by atoms with E-state index in [4.69, 9.17) is 5.73 Å². The third kappa shape index (κ3) is 3.55. The third-order valence-corrected chi connectivity index (χ3v) is 2.06. The smallest absolute Gasteiger partial charge is 0.267 e. The van der Waals surface area contributed by atoms with Gasteiger partial charge in [-0.1, -0.05) is 13.0 Å². The molecule has 0 aliphatic carbocycles. The molecule has 1 unspecified atom stereocenters. The Hall–Kier alpha value is -1.62. The quantitative estimate of drug-likeness (QED) is 0.644. The second-order valence-electron chi connectivity index (χ2n) is 3.31. The minimum atomic E-state index is -0.309. The van der Waals surface area contributed by atoms with Gasteiger partial charge in [-0.25, -0.2) is 0 Å². The van der Waals surface area contributed by atoms with Crippen molar-refractivity contribution in [2.45, 2.75) is 19.4 Å². The van der Waals surface area contributed by atoms with E-state index in [1.54, 1.807) is 6.07 Å². The van der Waals surface area contributed by atoms with Gasteiger partial charge in [0.15, 0.2) is 0 Å². The Morgan fingerprint density at radius 2 is 2.33 bits per heavy atom. The maximum absolute atomic E-state index is 11.5. The highest BCUT2D eigenvalue weighted by Crippen LogP contribution is 1.90. The molecule has 0 radical (unpaired) electrons. The van der Waals surface area contributed by atoms with Crippen LogP contribution in [0, 0.1) is 0 Å². The maximum atomic E-state index is 11.5. The van der Waals surface area contributed by atoms with Crippen LogP contribution in [0.25, 0.3) is 0 Å². The number of nitrogens with one attached hydrogen (secondary N) is 2. The molecule has 1 aromatic heterocycles. The van der Waals surface area contributed by atoms with Crippen LogP contribution in [0.1, 0.15) is 23.8 Å². The number of carbonyl (C=O) groups is 1. The Kier molecular flexibility index (Phi) is 4.05. The van der Waals surface area contributed by atoms with Crippen molar-refractivity contribution in [3.05, 3.63) is 34.2 Å². The lowest BCUT2D eigenvalue weighted by molar-refractivity contribution is 0.0946. The highest BCUT2D eigenvalue weighted by molar-refractivity contribution is 5.92. The second kappa shape index (κ2) is 5.31. The molecule has 0 saturated heterocycles. The fourth-order valence-electron chi connectivity index (χ4n) is 1.04. The second-order valence-corrected chi connectivity index (χ2v) is 3.31. The zero-order valence-electron chi connectivity index (χ0n) is 8.62. The van der Waals surface area contributed by atoms with Gasteiger partial charge in [-0.3, -0.25) is 9.59 Å². The molecule has 0 aromatic carbocycles. The fraction of sp³-hybridized carbons (Fsp3) is 0.400. The van der Waals surface area contributed by atoms with Crippen molar-refractivity contribution in [3.8, 4) is 0 Å². The highest BCUT2D eigenvalue weighted by atomic mass is 16.2. The Morgan fingerprint density at radius 3 is 2.93 bits per heavy atom. The lowest BCUT2D eigenvalue weighted by Gasteiger charge is -2.09. The van der Waals surface area contributed by atoms with Gasteiger partial charge in [0.2, 0.25) is 5.56 Å². The van der Waals surface area contributed by atoms with Crippen LogP contribution in [-0.2, 0) is 0 Å². The van der Waals surface area contributed by atoms with Crippen LogP contribution in [0.2, 0.25) is 0 Å². The summed E-state index contributed by atoms with van der Waals surface area (Å²) in [5.74, 6) is -0.309. The summed E-state index contributed by atoms with van der Waals surface area (Å²) in [6.07, 6.45) is 0.797. The number of nitrogens with two attached hydrogens (primary N) is 1. The number of H-pyrrole nitrogens is 1. The van der Waals surface area contributed by atoms with Gasteiger partial charge in [0, 0.05) is 18.7 Å². The number of hydrogen-bond acceptors (Lipinski definition) is 3. The van der Waals surface area contributed by atoms with E-state index in [1.165, 1.54) is 12.1 Å². The van der Waals surface area contributed by atoms with E-state index in [2.05, 4.69) is 10.3 Å². The van der Waals surface area contributed by atoms with Crippen molar-refractivity contribution in [1.82, 2.24) is 10.3 Å². The summed E-state index contributed by atoms with van der Waals surface area (Å²) in [5.41, 5.74) is 5.61. The van der Waals surface area contributed by atoms with Gasteiger partial charge >= 0.3 is 0 Å². The Morgan fingerprint density at radius 1 is 1.60 bits per heavy atom. The molecule has 1 amide bonds. The summed E-state index contributed by atoms with van der Waals surface area (Å²) in [6, 6.07) is 4.39. The molecule has 5 nitrogen and oxygen atoms in total. The number of amides is 1. The fourth-order valence-corrected chi connectivity index (χ4v) is 1.04. The molecule has 82 valence electrons. The van der Waals surface area contributed by atoms with Crippen molar-refractivity contribution in [2.24, 2.45) is 5.73 Å².